The van der Waals surface area contributed by atoms with Crippen molar-refractivity contribution in [1.82, 2.24) is 5.32 Å². The van der Waals surface area contributed by atoms with Crippen LogP contribution in [0.2, 0.25) is 0 Å². The second kappa shape index (κ2) is 7.38. The molecule has 1 atom stereocenters. The lowest BCUT2D eigenvalue weighted by atomic mass is 9.72. The van der Waals surface area contributed by atoms with E-state index in [2.05, 4.69) is 26.1 Å². The molecule has 1 rings (SSSR count). The van der Waals surface area contributed by atoms with Crippen LogP contribution in [0, 0.1) is 17.3 Å². The van der Waals surface area contributed by atoms with Gasteiger partial charge in [0.05, 0.1) is 6.61 Å². The van der Waals surface area contributed by atoms with Gasteiger partial charge >= 0.3 is 0 Å². The lowest BCUT2D eigenvalue weighted by molar-refractivity contribution is 0.146. The summed E-state index contributed by atoms with van der Waals surface area (Å²) in [7, 11) is 1.77. The van der Waals surface area contributed by atoms with Gasteiger partial charge in [0.25, 0.3) is 0 Å². The first-order valence-electron chi connectivity index (χ1n) is 7.28. The first-order chi connectivity index (χ1) is 8.08. The predicted molar refractivity (Wildman–Crippen MR) is 74.3 cm³/mol. The van der Waals surface area contributed by atoms with Gasteiger partial charge in [-0.05, 0) is 23.7 Å². The first kappa shape index (κ1) is 15.0. The van der Waals surface area contributed by atoms with Crippen molar-refractivity contribution >= 4 is 0 Å². The Balaban J connectivity index is 2.37. The second-order valence-electron chi connectivity index (χ2n) is 6.33. The maximum absolute atomic E-state index is 5.09. The van der Waals surface area contributed by atoms with E-state index in [1.165, 1.54) is 32.1 Å². The number of ether oxygens (including phenoxy) is 1. The third kappa shape index (κ3) is 4.97. The number of nitrogens with one attached hydrogen (secondary N) is 1. The fraction of sp³-hybridized carbons (Fsp3) is 1.00. The summed E-state index contributed by atoms with van der Waals surface area (Å²) in [6.07, 6.45) is 7.22. The molecule has 1 saturated carbocycles. The highest BCUT2D eigenvalue weighted by molar-refractivity contribution is 4.84. The Morgan fingerprint density at radius 1 is 1.29 bits per heavy atom. The van der Waals surface area contributed by atoms with Gasteiger partial charge in [0, 0.05) is 20.2 Å². The Hall–Kier alpha value is -0.0800. The van der Waals surface area contributed by atoms with Gasteiger partial charge in [-0.15, -0.1) is 0 Å². The monoisotopic (exact) mass is 241 g/mol. The van der Waals surface area contributed by atoms with E-state index in [4.69, 9.17) is 4.74 Å². The summed E-state index contributed by atoms with van der Waals surface area (Å²) in [4.78, 5) is 0. The van der Waals surface area contributed by atoms with Crippen LogP contribution in [0.25, 0.3) is 0 Å². The third-order valence-corrected chi connectivity index (χ3v) is 4.64. The lowest BCUT2D eigenvalue weighted by Gasteiger charge is -2.36. The molecule has 1 aliphatic rings. The van der Waals surface area contributed by atoms with Crippen molar-refractivity contribution in [3.8, 4) is 0 Å². The molecule has 0 aromatic carbocycles. The van der Waals surface area contributed by atoms with Gasteiger partial charge in [-0.25, -0.2) is 0 Å². The molecule has 0 heterocycles. The Morgan fingerprint density at radius 2 is 1.94 bits per heavy atom. The number of rotatable bonds is 8. The highest BCUT2D eigenvalue weighted by atomic mass is 16.5. The molecule has 0 amide bonds. The van der Waals surface area contributed by atoms with E-state index in [-0.39, 0.29) is 0 Å². The van der Waals surface area contributed by atoms with Crippen molar-refractivity contribution in [3.63, 3.8) is 0 Å². The van der Waals surface area contributed by atoms with Crippen LogP contribution in [-0.2, 0) is 4.74 Å². The van der Waals surface area contributed by atoms with E-state index in [0.717, 1.165) is 31.5 Å². The Bertz CT molecular complexity index is 199. The molecular weight excluding hydrogens is 210 g/mol. The second-order valence-corrected chi connectivity index (χ2v) is 6.33. The zero-order valence-corrected chi connectivity index (χ0v) is 12.2. The number of hydrogen-bond acceptors (Lipinski definition) is 2. The topological polar surface area (TPSA) is 21.3 Å². The molecule has 1 aliphatic carbocycles. The summed E-state index contributed by atoms with van der Waals surface area (Å²) < 4.78 is 5.09. The first-order valence-corrected chi connectivity index (χ1v) is 7.28. The van der Waals surface area contributed by atoms with Gasteiger partial charge in [0.1, 0.15) is 0 Å². The maximum Gasteiger partial charge on any atom is 0.0587 e. The van der Waals surface area contributed by atoms with Crippen molar-refractivity contribution < 1.29 is 4.74 Å². The summed E-state index contributed by atoms with van der Waals surface area (Å²) >= 11 is 0. The van der Waals surface area contributed by atoms with E-state index in [1.807, 2.05) is 0 Å². The molecule has 0 aromatic heterocycles. The van der Waals surface area contributed by atoms with E-state index in [9.17, 15) is 0 Å². The van der Waals surface area contributed by atoms with Crippen LogP contribution in [0.5, 0.6) is 0 Å². The van der Waals surface area contributed by atoms with E-state index >= 15 is 0 Å². The molecule has 0 radical (unpaired) electrons. The maximum atomic E-state index is 5.09. The number of hydrogen-bond donors (Lipinski definition) is 1. The molecule has 0 bridgehead atoms. The normalized spacial score (nSPS) is 21.0. The van der Waals surface area contributed by atoms with E-state index in [0.29, 0.717) is 5.41 Å². The van der Waals surface area contributed by atoms with Crippen LogP contribution < -0.4 is 5.32 Å². The van der Waals surface area contributed by atoms with Crippen molar-refractivity contribution in [1.29, 1.82) is 0 Å². The quantitative estimate of drug-likeness (QED) is 0.657. The minimum Gasteiger partial charge on any atom is -0.383 e. The minimum absolute atomic E-state index is 0.447. The average molecular weight is 241 g/mol. The fourth-order valence-corrected chi connectivity index (χ4v) is 2.93. The number of methoxy groups -OCH3 is 1. The fourth-order valence-electron chi connectivity index (χ4n) is 2.93. The van der Waals surface area contributed by atoms with Crippen LogP contribution in [0.4, 0.5) is 0 Å². The van der Waals surface area contributed by atoms with Crippen LogP contribution in [0.1, 0.15) is 52.9 Å². The molecule has 0 aromatic rings. The highest BCUT2D eigenvalue weighted by Gasteiger charge is 2.32. The lowest BCUT2D eigenvalue weighted by Crippen LogP contribution is -2.38. The summed E-state index contributed by atoms with van der Waals surface area (Å²) in [6, 6.07) is 0. The zero-order chi connectivity index (χ0) is 12.7. The van der Waals surface area contributed by atoms with Gasteiger partial charge in [-0.2, -0.15) is 0 Å². The Morgan fingerprint density at radius 3 is 2.47 bits per heavy atom. The van der Waals surface area contributed by atoms with Crippen molar-refractivity contribution in [2.24, 2.45) is 17.3 Å². The van der Waals surface area contributed by atoms with Gasteiger partial charge in [0.2, 0.25) is 0 Å². The smallest absolute Gasteiger partial charge is 0.0587 e. The van der Waals surface area contributed by atoms with Crippen molar-refractivity contribution in [2.45, 2.75) is 52.9 Å². The van der Waals surface area contributed by atoms with Crippen LogP contribution in [0.3, 0.4) is 0 Å². The molecule has 2 nitrogen and oxygen atoms in total. The molecule has 2 heteroatoms. The summed E-state index contributed by atoms with van der Waals surface area (Å²) in [5.41, 5.74) is 0.447. The SMILES string of the molecule is COCCNCC(C)(CC1CCCC1)C(C)C. The van der Waals surface area contributed by atoms with Crippen LogP contribution in [-0.4, -0.2) is 26.8 Å². The zero-order valence-electron chi connectivity index (χ0n) is 12.2. The molecule has 17 heavy (non-hydrogen) atoms. The Kier molecular flexibility index (Phi) is 6.50. The van der Waals surface area contributed by atoms with E-state index in [1.54, 1.807) is 7.11 Å². The van der Waals surface area contributed by atoms with E-state index < -0.39 is 0 Å². The van der Waals surface area contributed by atoms with Gasteiger partial charge < -0.3 is 10.1 Å². The summed E-state index contributed by atoms with van der Waals surface area (Å²) in [6.45, 7) is 10.1. The predicted octanol–water partition coefficient (Wildman–Crippen LogP) is 3.47. The third-order valence-electron chi connectivity index (χ3n) is 4.64. The minimum atomic E-state index is 0.447. The Labute approximate surface area is 108 Å². The largest absolute Gasteiger partial charge is 0.383 e. The van der Waals surface area contributed by atoms with Gasteiger partial charge in [-0.3, -0.25) is 0 Å². The molecule has 0 saturated heterocycles. The molecule has 0 aliphatic heterocycles. The summed E-state index contributed by atoms with van der Waals surface area (Å²) in [5.74, 6) is 1.73. The summed E-state index contributed by atoms with van der Waals surface area (Å²) in [5, 5.41) is 3.56. The molecule has 102 valence electrons. The van der Waals surface area contributed by atoms with Crippen LogP contribution in [0.15, 0.2) is 0 Å². The van der Waals surface area contributed by atoms with Crippen molar-refractivity contribution in [3.05, 3.63) is 0 Å². The highest BCUT2D eigenvalue weighted by Crippen LogP contribution is 2.39. The van der Waals surface area contributed by atoms with Crippen LogP contribution >= 0.6 is 0 Å². The molecule has 1 unspecified atom stereocenters. The van der Waals surface area contributed by atoms with Gasteiger partial charge in [0.15, 0.2) is 0 Å². The standard InChI is InChI=1S/C15H31NO/c1-13(2)15(3,12-16-9-10-17-4)11-14-7-5-6-8-14/h13-14,16H,5-12H2,1-4H3. The molecular formula is C15H31NO. The van der Waals surface area contributed by atoms with Crippen molar-refractivity contribution in [2.75, 3.05) is 26.8 Å². The molecule has 1 fully saturated rings. The molecule has 0 spiro atoms. The average Bonchev–Trinajstić information content (AvgIpc) is 2.77. The van der Waals surface area contributed by atoms with Gasteiger partial charge in [-0.1, -0.05) is 46.5 Å². The molecule has 1 N–H and O–H groups in total.